The molecular formula is C51H50IrN8O-2. The molecule has 0 atom stereocenters. The molecular weight excluding hydrogens is 933 g/mol. The first-order valence-electron chi connectivity index (χ1n) is 21.0. The van der Waals surface area contributed by atoms with Gasteiger partial charge in [-0.2, -0.15) is 29.4 Å². The van der Waals surface area contributed by atoms with Crippen LogP contribution in [-0.2, 0) is 38.0 Å². The molecule has 0 spiro atoms. The Balaban J connectivity index is 0.000000184. The summed E-state index contributed by atoms with van der Waals surface area (Å²) in [6.45, 7) is 12.6. The Morgan fingerprint density at radius 3 is 2.08 bits per heavy atom. The Kier molecular flexibility index (Phi) is 11.6. The minimum Gasteiger partial charge on any atom is -0.486 e. The Morgan fingerprint density at radius 2 is 1.39 bits per heavy atom. The summed E-state index contributed by atoms with van der Waals surface area (Å²) in [7, 11) is 2.01. The molecule has 1 aliphatic carbocycles. The van der Waals surface area contributed by atoms with Crippen LogP contribution in [0.3, 0.4) is 0 Å². The third kappa shape index (κ3) is 8.57. The van der Waals surface area contributed by atoms with E-state index in [0.29, 0.717) is 22.8 Å². The Hall–Kier alpha value is -5.83. The summed E-state index contributed by atoms with van der Waals surface area (Å²) in [5.41, 5.74) is 9.08. The first-order valence-corrected chi connectivity index (χ1v) is 21.0. The molecule has 10 rings (SSSR count). The number of benzene rings is 4. The molecule has 61 heavy (non-hydrogen) atoms. The van der Waals surface area contributed by atoms with Gasteiger partial charge in [0.05, 0.1) is 28.6 Å². The number of pyridine rings is 1. The van der Waals surface area contributed by atoms with Crippen molar-refractivity contribution in [3.05, 3.63) is 139 Å². The van der Waals surface area contributed by atoms with Crippen molar-refractivity contribution >= 4 is 33.1 Å². The molecule has 1 fully saturated rings. The fourth-order valence-corrected chi connectivity index (χ4v) is 7.96. The largest absolute Gasteiger partial charge is 0.486 e. The van der Waals surface area contributed by atoms with Crippen molar-refractivity contribution in [1.29, 1.82) is 0 Å². The number of fused-ring (bicyclic) bond motifs is 4. The zero-order chi connectivity index (χ0) is 41.6. The van der Waals surface area contributed by atoms with Crippen molar-refractivity contribution in [2.45, 2.75) is 90.4 Å². The maximum atomic E-state index is 6.38. The SMILES string of the molecule is Cn1c(-c2[c-]ccc3c2oc2nc(-c4nc(C(C)(C)C)nc(C(C)(C)C)n4)ccc23)nc2ccccc21.[Ir].[c-]1ccccc1-n1cc(-c2ccc(C3CCCCC3)cc2)cn1. The normalized spacial score (nSPS) is 13.6. The molecule has 5 aromatic heterocycles. The summed E-state index contributed by atoms with van der Waals surface area (Å²) >= 11 is 0. The number of hydrogen-bond acceptors (Lipinski definition) is 7. The maximum Gasteiger partial charge on any atom is 0.216 e. The molecule has 0 aliphatic heterocycles. The maximum absolute atomic E-state index is 6.38. The topological polar surface area (TPSA) is 100 Å². The quantitative estimate of drug-likeness (QED) is 0.158. The summed E-state index contributed by atoms with van der Waals surface area (Å²) in [6.07, 6.45) is 10.9. The molecule has 0 N–H and O–H groups in total. The molecule has 9 nitrogen and oxygen atoms in total. The van der Waals surface area contributed by atoms with E-state index in [0.717, 1.165) is 62.0 Å². The average Bonchev–Trinajstić information content (AvgIpc) is 4.00. The van der Waals surface area contributed by atoms with Crippen LogP contribution in [0.1, 0.15) is 96.8 Å². The smallest absolute Gasteiger partial charge is 0.216 e. The van der Waals surface area contributed by atoms with Gasteiger partial charge in [-0.15, -0.1) is 24.3 Å². The Labute approximate surface area is 371 Å². The van der Waals surface area contributed by atoms with Gasteiger partial charge in [0.25, 0.3) is 0 Å². The number of para-hydroxylation sites is 3. The predicted octanol–water partition coefficient (Wildman–Crippen LogP) is 12.2. The third-order valence-corrected chi connectivity index (χ3v) is 11.4. The first-order chi connectivity index (χ1) is 28.9. The number of furan rings is 1. The number of aromatic nitrogens is 8. The second-order valence-corrected chi connectivity index (χ2v) is 17.9. The Morgan fingerprint density at radius 1 is 0.672 bits per heavy atom. The van der Waals surface area contributed by atoms with Crippen LogP contribution in [0.5, 0.6) is 0 Å². The van der Waals surface area contributed by atoms with E-state index >= 15 is 0 Å². The van der Waals surface area contributed by atoms with Crippen LogP contribution in [-0.4, -0.2) is 39.3 Å². The van der Waals surface area contributed by atoms with E-state index in [9.17, 15) is 0 Å². The molecule has 1 aliphatic rings. The van der Waals surface area contributed by atoms with Crippen LogP contribution in [0.25, 0.3) is 72.8 Å². The van der Waals surface area contributed by atoms with E-state index in [4.69, 9.17) is 29.3 Å². The van der Waals surface area contributed by atoms with Crippen molar-refractivity contribution in [3.63, 3.8) is 0 Å². The van der Waals surface area contributed by atoms with Gasteiger partial charge in [-0.1, -0.05) is 108 Å². The second kappa shape index (κ2) is 16.9. The van der Waals surface area contributed by atoms with E-state index in [1.165, 1.54) is 43.2 Å². The van der Waals surface area contributed by atoms with Crippen LogP contribution in [0.15, 0.2) is 114 Å². The van der Waals surface area contributed by atoms with Gasteiger partial charge in [0.2, 0.25) is 5.71 Å². The van der Waals surface area contributed by atoms with Crippen LogP contribution >= 0.6 is 0 Å². The van der Waals surface area contributed by atoms with E-state index < -0.39 is 0 Å². The van der Waals surface area contributed by atoms with Crippen molar-refractivity contribution < 1.29 is 24.5 Å². The molecule has 9 aromatic rings. The second-order valence-electron chi connectivity index (χ2n) is 17.9. The third-order valence-electron chi connectivity index (χ3n) is 11.4. The summed E-state index contributed by atoms with van der Waals surface area (Å²) in [5, 5.41) is 6.35. The zero-order valence-corrected chi connectivity index (χ0v) is 38.2. The van der Waals surface area contributed by atoms with E-state index in [1.807, 2.05) is 84.7 Å². The van der Waals surface area contributed by atoms with E-state index in [-0.39, 0.29) is 30.9 Å². The Bertz CT molecular complexity index is 2910. The number of aryl methyl sites for hydroxylation is 1. The molecule has 0 bridgehead atoms. The number of rotatable bonds is 5. The average molecular weight is 983 g/mol. The molecule has 311 valence electrons. The summed E-state index contributed by atoms with van der Waals surface area (Å²) in [4.78, 5) is 24.1. The van der Waals surface area contributed by atoms with Crippen LogP contribution in [0, 0.1) is 12.1 Å². The van der Waals surface area contributed by atoms with Crippen molar-refractivity contribution in [2.24, 2.45) is 7.05 Å². The van der Waals surface area contributed by atoms with Crippen LogP contribution in [0.2, 0.25) is 0 Å². The molecule has 5 heterocycles. The van der Waals surface area contributed by atoms with E-state index in [2.05, 4.69) is 99.9 Å². The fourth-order valence-electron chi connectivity index (χ4n) is 7.96. The molecule has 0 saturated heterocycles. The number of hydrogen-bond donors (Lipinski definition) is 0. The van der Waals surface area contributed by atoms with E-state index in [1.54, 1.807) is 0 Å². The van der Waals surface area contributed by atoms with Gasteiger partial charge < -0.3 is 8.98 Å². The molecule has 0 unspecified atom stereocenters. The van der Waals surface area contributed by atoms with Gasteiger partial charge in [0.15, 0.2) is 5.82 Å². The van der Waals surface area contributed by atoms with Gasteiger partial charge in [0, 0.05) is 55.1 Å². The van der Waals surface area contributed by atoms with Gasteiger partial charge >= 0.3 is 0 Å². The van der Waals surface area contributed by atoms with Gasteiger partial charge in [-0.05, 0) is 59.8 Å². The van der Waals surface area contributed by atoms with Crippen molar-refractivity contribution in [2.75, 3.05) is 0 Å². The standard InChI is InChI=1S/C30H29N6O.C21H21N2.Ir/c1-29(2,3)27-33-24(34-28(35-27)30(4,5)6)21-16-15-18-17-11-10-12-19(23(17)37-26(18)32-21)25-31-20-13-8-9-14-22(20)36(25)7;1-3-7-17(8-4-1)18-11-13-19(14-12-18)20-15-22-23(16-20)21-9-5-2-6-10-21;/h8-11,13-16H,1-7H3;2,5-6,9,11-17H,1,3-4,7-8H2;/q2*-1;. The first kappa shape index (κ1) is 41.9. The summed E-state index contributed by atoms with van der Waals surface area (Å²) < 4.78 is 10.3. The van der Waals surface area contributed by atoms with Gasteiger partial charge in [-0.3, -0.25) is 9.67 Å². The zero-order valence-electron chi connectivity index (χ0n) is 35.8. The van der Waals surface area contributed by atoms with Crippen molar-refractivity contribution in [3.8, 4) is 39.7 Å². The predicted molar refractivity (Wildman–Crippen MR) is 240 cm³/mol. The molecule has 0 amide bonds. The van der Waals surface area contributed by atoms with Crippen LogP contribution in [0.4, 0.5) is 0 Å². The summed E-state index contributed by atoms with van der Waals surface area (Å²) in [6, 6.07) is 39.5. The number of nitrogens with zero attached hydrogens (tertiary/aromatic N) is 8. The molecule has 4 aromatic carbocycles. The fraction of sp³-hybridized carbons (Fsp3) is 0.294. The minimum atomic E-state index is -0.225. The summed E-state index contributed by atoms with van der Waals surface area (Å²) in [5.74, 6) is 3.60. The molecule has 10 heteroatoms. The van der Waals surface area contributed by atoms with Gasteiger partial charge in [-0.25, -0.2) is 19.9 Å². The van der Waals surface area contributed by atoms with Crippen molar-refractivity contribution in [1.82, 2.24) is 39.3 Å². The number of imidazole rings is 1. The molecule has 1 radical (unpaired) electrons. The monoisotopic (exact) mass is 983 g/mol. The minimum absolute atomic E-state index is 0. The van der Waals surface area contributed by atoms with Crippen LogP contribution < -0.4 is 0 Å². The van der Waals surface area contributed by atoms with Gasteiger partial charge in [0.1, 0.15) is 17.3 Å². The molecule has 1 saturated carbocycles.